The first kappa shape index (κ1) is 16.0. The topological polar surface area (TPSA) is 72.6 Å². The van der Waals surface area contributed by atoms with Gasteiger partial charge in [-0.2, -0.15) is 0 Å². The summed E-state index contributed by atoms with van der Waals surface area (Å²) in [5, 5.41) is 0. The molecule has 0 aromatic heterocycles. The van der Waals surface area contributed by atoms with E-state index in [9.17, 15) is 9.59 Å². The summed E-state index contributed by atoms with van der Waals surface area (Å²) in [5.74, 6) is -0.416. The van der Waals surface area contributed by atoms with Crippen LogP contribution in [0.15, 0.2) is 0 Å². The maximum atomic E-state index is 12.6. The number of hydrogen-bond donors (Lipinski definition) is 1. The van der Waals surface area contributed by atoms with E-state index in [1.165, 1.54) is 0 Å². The molecule has 0 aliphatic carbocycles. The third-order valence-electron chi connectivity index (χ3n) is 4.01. The van der Waals surface area contributed by atoms with Crippen molar-refractivity contribution in [2.75, 3.05) is 13.2 Å². The van der Waals surface area contributed by atoms with E-state index in [1.807, 2.05) is 13.8 Å². The van der Waals surface area contributed by atoms with Gasteiger partial charge in [-0.05, 0) is 39.0 Å². The van der Waals surface area contributed by atoms with Gasteiger partial charge in [-0.15, -0.1) is 0 Å². The smallest absolute Gasteiger partial charge is 0.328 e. The summed E-state index contributed by atoms with van der Waals surface area (Å²) in [6.45, 7) is 6.53. The Bertz CT molecular complexity index is 327. The highest BCUT2D eigenvalue weighted by Gasteiger charge is 2.40. The second kappa shape index (κ2) is 6.89. The summed E-state index contributed by atoms with van der Waals surface area (Å²) in [7, 11) is 0. The molecule has 1 rings (SSSR count). The maximum absolute atomic E-state index is 12.6. The molecule has 5 heteroatoms. The number of ether oxygens (including phenoxy) is 1. The quantitative estimate of drug-likeness (QED) is 0.767. The first-order valence-electron chi connectivity index (χ1n) is 7.26. The number of esters is 1. The summed E-state index contributed by atoms with van der Waals surface area (Å²) >= 11 is 0. The molecule has 0 aromatic rings. The predicted octanol–water partition coefficient (Wildman–Crippen LogP) is 1.45. The highest BCUT2D eigenvalue weighted by molar-refractivity contribution is 5.90. The molecule has 19 heavy (non-hydrogen) atoms. The molecule has 1 aliphatic rings. The van der Waals surface area contributed by atoms with Crippen LogP contribution in [-0.2, 0) is 14.3 Å². The van der Waals surface area contributed by atoms with Gasteiger partial charge in [-0.3, -0.25) is 4.79 Å². The second-order valence-corrected chi connectivity index (χ2v) is 5.13. The lowest BCUT2D eigenvalue weighted by Crippen LogP contribution is -2.60. The van der Waals surface area contributed by atoms with Crippen LogP contribution in [0.5, 0.6) is 0 Å². The highest BCUT2D eigenvalue weighted by atomic mass is 16.5. The van der Waals surface area contributed by atoms with Gasteiger partial charge in [0.15, 0.2) is 0 Å². The minimum absolute atomic E-state index is 0.116. The minimum atomic E-state index is -0.859. The summed E-state index contributed by atoms with van der Waals surface area (Å²) in [6.07, 6.45) is 3.70. The number of rotatable bonds is 5. The molecule has 0 aromatic carbocycles. The van der Waals surface area contributed by atoms with Crippen LogP contribution in [0.25, 0.3) is 0 Å². The summed E-state index contributed by atoms with van der Waals surface area (Å²) in [6, 6.07) is -0.456. The number of likely N-dealkylation sites (tertiary alicyclic amines) is 1. The van der Waals surface area contributed by atoms with Crippen LogP contribution in [0.1, 0.15) is 52.9 Å². The van der Waals surface area contributed by atoms with E-state index in [2.05, 4.69) is 0 Å². The van der Waals surface area contributed by atoms with Crippen molar-refractivity contribution < 1.29 is 14.3 Å². The van der Waals surface area contributed by atoms with E-state index in [0.29, 0.717) is 32.4 Å². The van der Waals surface area contributed by atoms with Crippen molar-refractivity contribution in [2.45, 2.75) is 64.5 Å². The largest absolute Gasteiger partial charge is 0.464 e. The molecule has 2 N–H and O–H groups in total. The Balaban J connectivity index is 2.87. The summed E-state index contributed by atoms with van der Waals surface area (Å²) in [5.41, 5.74) is 5.30. The van der Waals surface area contributed by atoms with Crippen LogP contribution in [0.3, 0.4) is 0 Å². The van der Waals surface area contributed by atoms with Crippen molar-refractivity contribution >= 4 is 11.9 Å². The molecular weight excluding hydrogens is 244 g/mol. The Labute approximate surface area is 115 Å². The van der Waals surface area contributed by atoms with Gasteiger partial charge in [0, 0.05) is 6.54 Å². The number of nitrogens with zero attached hydrogens (tertiary/aromatic N) is 1. The van der Waals surface area contributed by atoms with E-state index >= 15 is 0 Å². The zero-order valence-corrected chi connectivity index (χ0v) is 12.3. The third-order valence-corrected chi connectivity index (χ3v) is 4.01. The molecule has 1 saturated heterocycles. The van der Waals surface area contributed by atoms with E-state index in [1.54, 1.807) is 11.8 Å². The molecule has 0 bridgehead atoms. The van der Waals surface area contributed by atoms with Gasteiger partial charge >= 0.3 is 5.97 Å². The molecule has 1 heterocycles. The lowest BCUT2D eigenvalue weighted by atomic mass is 9.90. The summed E-state index contributed by atoms with van der Waals surface area (Å²) < 4.78 is 5.07. The van der Waals surface area contributed by atoms with Gasteiger partial charge in [0.05, 0.1) is 12.1 Å². The van der Waals surface area contributed by atoms with Gasteiger partial charge in [0.2, 0.25) is 5.91 Å². The molecule has 0 radical (unpaired) electrons. The SMILES string of the molecule is CCOC(=O)C1CCCCN1C(=O)C(N)(CC)CC. The molecule has 5 nitrogen and oxygen atoms in total. The zero-order valence-electron chi connectivity index (χ0n) is 12.3. The normalized spacial score (nSPS) is 20.2. The van der Waals surface area contributed by atoms with Gasteiger partial charge in [0.25, 0.3) is 0 Å². The Hall–Kier alpha value is -1.10. The highest BCUT2D eigenvalue weighted by Crippen LogP contribution is 2.24. The molecule has 1 amide bonds. The van der Waals surface area contributed by atoms with Crippen LogP contribution in [0, 0.1) is 0 Å². The van der Waals surface area contributed by atoms with Gasteiger partial charge in [-0.25, -0.2) is 4.79 Å². The van der Waals surface area contributed by atoms with Crippen molar-refractivity contribution in [3.63, 3.8) is 0 Å². The predicted molar refractivity (Wildman–Crippen MR) is 73.5 cm³/mol. The molecule has 1 fully saturated rings. The first-order chi connectivity index (χ1) is 9.00. The number of nitrogens with two attached hydrogens (primary N) is 1. The number of carbonyl (C=O) groups is 2. The number of carbonyl (C=O) groups excluding carboxylic acids is 2. The number of piperidine rings is 1. The third kappa shape index (κ3) is 3.47. The zero-order chi connectivity index (χ0) is 14.5. The van der Waals surface area contributed by atoms with E-state index < -0.39 is 11.6 Å². The van der Waals surface area contributed by atoms with Gasteiger partial charge in [-0.1, -0.05) is 13.8 Å². The van der Waals surface area contributed by atoms with Crippen LogP contribution < -0.4 is 5.73 Å². The van der Waals surface area contributed by atoms with Crippen molar-refractivity contribution in [3.05, 3.63) is 0 Å². The monoisotopic (exact) mass is 270 g/mol. The van der Waals surface area contributed by atoms with E-state index in [-0.39, 0.29) is 11.9 Å². The fourth-order valence-corrected chi connectivity index (χ4v) is 2.50. The molecule has 1 aliphatic heterocycles. The Morgan fingerprint density at radius 2 is 1.89 bits per heavy atom. The van der Waals surface area contributed by atoms with Crippen LogP contribution in [0.2, 0.25) is 0 Å². The molecule has 110 valence electrons. The molecule has 1 atom stereocenters. The Morgan fingerprint density at radius 3 is 2.42 bits per heavy atom. The van der Waals surface area contributed by atoms with Gasteiger partial charge in [0.1, 0.15) is 6.04 Å². The van der Waals surface area contributed by atoms with Crippen LogP contribution >= 0.6 is 0 Å². The van der Waals surface area contributed by atoms with Crippen molar-refractivity contribution in [1.82, 2.24) is 4.90 Å². The lowest BCUT2D eigenvalue weighted by molar-refractivity contribution is -0.158. The van der Waals surface area contributed by atoms with E-state index in [4.69, 9.17) is 10.5 Å². The van der Waals surface area contributed by atoms with Crippen molar-refractivity contribution in [1.29, 1.82) is 0 Å². The average Bonchev–Trinajstić information content (AvgIpc) is 2.45. The van der Waals surface area contributed by atoms with Crippen molar-refractivity contribution in [3.8, 4) is 0 Å². The standard InChI is InChI=1S/C14H26N2O3/c1-4-14(15,5-2)13(18)16-10-8-7-9-11(16)12(17)19-6-3/h11H,4-10,15H2,1-3H3. The van der Waals surface area contributed by atoms with Crippen LogP contribution in [-0.4, -0.2) is 41.5 Å². The lowest BCUT2D eigenvalue weighted by Gasteiger charge is -2.39. The molecule has 1 unspecified atom stereocenters. The van der Waals surface area contributed by atoms with Crippen LogP contribution in [0.4, 0.5) is 0 Å². The summed E-state index contributed by atoms with van der Waals surface area (Å²) in [4.78, 5) is 26.2. The second-order valence-electron chi connectivity index (χ2n) is 5.13. The average molecular weight is 270 g/mol. The molecular formula is C14H26N2O3. The molecule has 0 saturated carbocycles. The maximum Gasteiger partial charge on any atom is 0.328 e. The molecule has 0 spiro atoms. The minimum Gasteiger partial charge on any atom is -0.464 e. The number of amides is 1. The Morgan fingerprint density at radius 1 is 1.26 bits per heavy atom. The van der Waals surface area contributed by atoms with Gasteiger partial charge < -0.3 is 15.4 Å². The fraction of sp³-hybridized carbons (Fsp3) is 0.857. The fourth-order valence-electron chi connectivity index (χ4n) is 2.50. The first-order valence-corrected chi connectivity index (χ1v) is 7.26. The van der Waals surface area contributed by atoms with Crippen molar-refractivity contribution in [2.24, 2.45) is 5.73 Å². The Kier molecular flexibility index (Phi) is 5.79. The van der Waals surface area contributed by atoms with E-state index in [0.717, 1.165) is 12.8 Å². The number of hydrogen-bond acceptors (Lipinski definition) is 4.